The van der Waals surface area contributed by atoms with Gasteiger partial charge in [0.2, 0.25) is 0 Å². The van der Waals surface area contributed by atoms with Crippen molar-refractivity contribution in [2.24, 2.45) is 0 Å². The standard InChI is InChI=1S/C16H17BrN2O3S2/c17-15-5-6-16(23-15)24(20,21)19-11-3-4-12(19)9-14(8-11)22-13-2-1-7-18-10-13/h1-2,5-7,10-12,14H,3-4,8-9H2. The van der Waals surface area contributed by atoms with Crippen LogP contribution in [0.3, 0.4) is 0 Å². The molecule has 2 bridgehead atoms. The number of sulfonamides is 1. The molecule has 2 aromatic heterocycles. The molecule has 2 unspecified atom stereocenters. The molecule has 2 aromatic rings. The van der Waals surface area contributed by atoms with Crippen LogP contribution in [0.25, 0.3) is 0 Å². The third-order valence-electron chi connectivity index (χ3n) is 4.64. The summed E-state index contributed by atoms with van der Waals surface area (Å²) in [6.45, 7) is 0. The number of thiophene rings is 1. The van der Waals surface area contributed by atoms with Gasteiger partial charge in [0.1, 0.15) is 16.1 Å². The highest BCUT2D eigenvalue weighted by atomic mass is 79.9. The third kappa shape index (κ3) is 3.00. The zero-order valence-corrected chi connectivity index (χ0v) is 16.1. The van der Waals surface area contributed by atoms with E-state index >= 15 is 0 Å². The number of hydrogen-bond donors (Lipinski definition) is 0. The molecule has 4 heterocycles. The van der Waals surface area contributed by atoms with E-state index in [0.29, 0.717) is 4.21 Å². The number of pyridine rings is 1. The van der Waals surface area contributed by atoms with E-state index in [1.807, 2.05) is 12.1 Å². The van der Waals surface area contributed by atoms with Crippen LogP contribution in [0, 0.1) is 0 Å². The lowest BCUT2D eigenvalue weighted by atomic mass is 10.0. The first-order chi connectivity index (χ1) is 11.5. The number of piperidine rings is 1. The van der Waals surface area contributed by atoms with E-state index in [-0.39, 0.29) is 18.2 Å². The van der Waals surface area contributed by atoms with E-state index < -0.39 is 10.0 Å². The Labute approximate surface area is 153 Å². The van der Waals surface area contributed by atoms with E-state index in [2.05, 4.69) is 20.9 Å². The molecule has 0 spiro atoms. The molecule has 2 fully saturated rings. The van der Waals surface area contributed by atoms with E-state index in [0.717, 1.165) is 35.2 Å². The molecule has 0 N–H and O–H groups in total. The second-order valence-electron chi connectivity index (χ2n) is 6.18. The summed E-state index contributed by atoms with van der Waals surface area (Å²) < 4.78 is 35.0. The van der Waals surface area contributed by atoms with Gasteiger partial charge in [-0.2, -0.15) is 4.31 Å². The molecule has 0 aromatic carbocycles. The number of halogens is 1. The first-order valence-electron chi connectivity index (χ1n) is 7.89. The number of ether oxygens (including phenoxy) is 1. The maximum absolute atomic E-state index is 13.0. The van der Waals surface area contributed by atoms with Crippen molar-refractivity contribution >= 4 is 37.3 Å². The number of hydrogen-bond acceptors (Lipinski definition) is 5. The van der Waals surface area contributed by atoms with Crippen LogP contribution in [-0.4, -0.2) is 35.9 Å². The highest BCUT2D eigenvalue weighted by Crippen LogP contribution is 2.42. The number of aromatic nitrogens is 1. The molecule has 0 saturated carbocycles. The van der Waals surface area contributed by atoms with Gasteiger partial charge in [0.25, 0.3) is 10.0 Å². The Kier molecular flexibility index (Phi) is 4.40. The van der Waals surface area contributed by atoms with Gasteiger partial charge in [0.05, 0.1) is 9.98 Å². The second kappa shape index (κ2) is 6.40. The van der Waals surface area contributed by atoms with Crippen molar-refractivity contribution in [3.63, 3.8) is 0 Å². The fourth-order valence-corrected chi connectivity index (χ4v) is 7.73. The van der Waals surface area contributed by atoms with E-state index in [9.17, 15) is 8.42 Å². The fraction of sp³-hybridized carbons (Fsp3) is 0.438. The molecule has 0 aliphatic carbocycles. The summed E-state index contributed by atoms with van der Waals surface area (Å²) >= 11 is 4.62. The molecule has 0 amide bonds. The molecule has 2 aliphatic heterocycles. The van der Waals surface area contributed by atoms with Crippen molar-refractivity contribution in [3.8, 4) is 5.75 Å². The number of rotatable bonds is 4. The Morgan fingerprint density at radius 1 is 1.21 bits per heavy atom. The van der Waals surface area contributed by atoms with E-state index in [1.54, 1.807) is 28.8 Å². The number of fused-ring (bicyclic) bond motifs is 2. The predicted molar refractivity (Wildman–Crippen MR) is 95.7 cm³/mol. The first kappa shape index (κ1) is 16.5. The molecule has 2 aliphatic rings. The van der Waals surface area contributed by atoms with Gasteiger partial charge in [-0.1, -0.05) is 0 Å². The summed E-state index contributed by atoms with van der Waals surface area (Å²) in [6.07, 6.45) is 6.74. The third-order valence-corrected chi connectivity index (χ3v) is 8.74. The van der Waals surface area contributed by atoms with Crippen molar-refractivity contribution in [1.82, 2.24) is 9.29 Å². The molecule has 0 radical (unpaired) electrons. The maximum atomic E-state index is 13.0. The average molecular weight is 429 g/mol. The lowest BCUT2D eigenvalue weighted by Crippen LogP contribution is -2.48. The Hall–Kier alpha value is -0.960. The summed E-state index contributed by atoms with van der Waals surface area (Å²) in [4.78, 5) is 4.07. The van der Waals surface area contributed by atoms with E-state index in [1.165, 1.54) is 11.3 Å². The van der Waals surface area contributed by atoms with Gasteiger partial charge in [0.15, 0.2) is 0 Å². The van der Waals surface area contributed by atoms with Crippen molar-refractivity contribution < 1.29 is 13.2 Å². The van der Waals surface area contributed by atoms with Gasteiger partial charge in [-0.3, -0.25) is 4.98 Å². The molecule has 8 heteroatoms. The minimum Gasteiger partial charge on any atom is -0.489 e. The summed E-state index contributed by atoms with van der Waals surface area (Å²) in [7, 11) is -3.42. The van der Waals surface area contributed by atoms with Crippen LogP contribution in [0.2, 0.25) is 0 Å². The summed E-state index contributed by atoms with van der Waals surface area (Å²) in [5, 5.41) is 0. The average Bonchev–Trinajstić information content (AvgIpc) is 3.11. The molecule has 5 nitrogen and oxygen atoms in total. The van der Waals surface area contributed by atoms with Crippen molar-refractivity contribution in [1.29, 1.82) is 0 Å². The van der Waals surface area contributed by atoms with Crippen LogP contribution < -0.4 is 4.74 Å². The Balaban J connectivity index is 1.53. The minimum atomic E-state index is -3.42. The lowest BCUT2D eigenvalue weighted by Gasteiger charge is -2.37. The first-order valence-corrected chi connectivity index (χ1v) is 10.9. The van der Waals surface area contributed by atoms with Crippen LogP contribution in [0.1, 0.15) is 25.7 Å². The van der Waals surface area contributed by atoms with Crippen molar-refractivity contribution in [2.45, 2.75) is 48.1 Å². The second-order valence-corrected chi connectivity index (χ2v) is 10.7. The fourth-order valence-electron chi connectivity index (χ4n) is 3.72. The monoisotopic (exact) mass is 428 g/mol. The lowest BCUT2D eigenvalue weighted by molar-refractivity contribution is 0.0954. The maximum Gasteiger partial charge on any atom is 0.253 e. The zero-order valence-electron chi connectivity index (χ0n) is 12.8. The van der Waals surface area contributed by atoms with Gasteiger partial charge < -0.3 is 4.74 Å². The Bertz CT molecular complexity index is 811. The zero-order chi connectivity index (χ0) is 16.7. The van der Waals surface area contributed by atoms with Gasteiger partial charge in [-0.25, -0.2) is 8.42 Å². The highest BCUT2D eigenvalue weighted by Gasteiger charge is 2.48. The summed E-state index contributed by atoms with van der Waals surface area (Å²) in [5.41, 5.74) is 0. The smallest absolute Gasteiger partial charge is 0.253 e. The Morgan fingerprint density at radius 2 is 1.96 bits per heavy atom. The molecular formula is C16H17BrN2O3S2. The van der Waals surface area contributed by atoms with Crippen LogP contribution in [0.5, 0.6) is 5.75 Å². The minimum absolute atomic E-state index is 0.0243. The molecular weight excluding hydrogens is 412 g/mol. The highest BCUT2D eigenvalue weighted by molar-refractivity contribution is 9.11. The predicted octanol–water partition coefficient (Wildman–Crippen LogP) is 3.67. The number of nitrogens with zero attached hydrogens (tertiary/aromatic N) is 2. The summed E-state index contributed by atoms with van der Waals surface area (Å²) in [5.74, 6) is 0.750. The Morgan fingerprint density at radius 3 is 2.54 bits per heavy atom. The topological polar surface area (TPSA) is 59.5 Å². The van der Waals surface area contributed by atoms with Gasteiger partial charge in [-0.15, -0.1) is 11.3 Å². The van der Waals surface area contributed by atoms with Crippen molar-refractivity contribution in [2.75, 3.05) is 0 Å². The van der Waals surface area contributed by atoms with Gasteiger partial charge in [0, 0.05) is 31.1 Å². The quantitative estimate of drug-likeness (QED) is 0.744. The largest absolute Gasteiger partial charge is 0.489 e. The van der Waals surface area contributed by atoms with E-state index in [4.69, 9.17) is 4.74 Å². The molecule has 128 valence electrons. The molecule has 4 rings (SSSR count). The molecule has 2 saturated heterocycles. The molecule has 2 atom stereocenters. The van der Waals surface area contributed by atoms with Gasteiger partial charge in [-0.05, 0) is 53.0 Å². The SMILES string of the molecule is O=S(=O)(c1ccc(Br)s1)N1C2CCC1CC(Oc1cccnc1)C2. The van der Waals surface area contributed by atoms with Crippen LogP contribution >= 0.6 is 27.3 Å². The normalized spacial score (nSPS) is 27.3. The van der Waals surface area contributed by atoms with Crippen LogP contribution in [-0.2, 0) is 10.0 Å². The van der Waals surface area contributed by atoms with Crippen LogP contribution in [0.15, 0.2) is 44.7 Å². The van der Waals surface area contributed by atoms with Crippen LogP contribution in [0.4, 0.5) is 0 Å². The van der Waals surface area contributed by atoms with Crippen molar-refractivity contribution in [3.05, 3.63) is 40.4 Å². The van der Waals surface area contributed by atoms with Gasteiger partial charge >= 0.3 is 0 Å². The molecule has 24 heavy (non-hydrogen) atoms. The summed E-state index contributed by atoms with van der Waals surface area (Å²) in [6, 6.07) is 7.26.